The van der Waals surface area contributed by atoms with Crippen LogP contribution >= 0.6 is 0 Å². The zero-order valence-electron chi connectivity index (χ0n) is 11.4. The first-order valence-corrected chi connectivity index (χ1v) is 6.00. The van der Waals surface area contributed by atoms with Gasteiger partial charge in [-0.05, 0) is 6.92 Å². The van der Waals surface area contributed by atoms with Crippen molar-refractivity contribution in [3.63, 3.8) is 0 Å². The molecule has 1 atom stereocenters. The van der Waals surface area contributed by atoms with E-state index in [0.29, 0.717) is 17.2 Å². The summed E-state index contributed by atoms with van der Waals surface area (Å²) in [5.41, 5.74) is 2.85. The Balaban J connectivity index is 2.97. The van der Waals surface area contributed by atoms with Crippen LogP contribution in [-0.4, -0.2) is 33.9 Å². The fourth-order valence-electron chi connectivity index (χ4n) is 1.41. The Bertz CT molecular complexity index is 464. The van der Waals surface area contributed by atoms with Crippen molar-refractivity contribution in [1.29, 1.82) is 0 Å². The predicted octanol–water partition coefficient (Wildman–Crippen LogP) is 1.53. The zero-order valence-corrected chi connectivity index (χ0v) is 11.4. The third kappa shape index (κ3) is 3.94. The highest BCUT2D eigenvalue weighted by atomic mass is 19.4. The first-order valence-electron chi connectivity index (χ1n) is 6.00. The number of aliphatic hydroxyl groups is 1. The molecule has 1 unspecified atom stereocenters. The van der Waals surface area contributed by atoms with Crippen molar-refractivity contribution in [2.75, 3.05) is 17.3 Å². The van der Waals surface area contributed by atoms with Crippen LogP contribution in [0.3, 0.4) is 0 Å². The number of aliphatic hydroxyl groups excluding tert-OH is 1. The van der Waals surface area contributed by atoms with E-state index in [2.05, 4.69) is 20.7 Å². The first-order chi connectivity index (χ1) is 9.16. The molecule has 0 aromatic carbocycles. The Hall–Kier alpha value is -1.61. The van der Waals surface area contributed by atoms with Crippen molar-refractivity contribution in [2.24, 2.45) is 5.84 Å². The fourth-order valence-corrected chi connectivity index (χ4v) is 1.41. The minimum atomic E-state index is -4.68. The summed E-state index contributed by atoms with van der Waals surface area (Å²) in [5, 5.41) is 11.4. The second kappa shape index (κ2) is 6.23. The molecule has 0 aliphatic rings. The smallest absolute Gasteiger partial charge is 0.382 e. The van der Waals surface area contributed by atoms with Gasteiger partial charge in [0.2, 0.25) is 0 Å². The Morgan fingerprint density at radius 2 is 1.80 bits per heavy atom. The molecular formula is C11H18F3N5O. The van der Waals surface area contributed by atoms with Gasteiger partial charge in [-0.15, -0.1) is 0 Å². The number of hydrogen-bond donors (Lipinski definition) is 4. The SMILES string of the molecule is Cc1c(NN)nc(C(C)C)nc1NCC(O)C(F)(F)F. The highest BCUT2D eigenvalue weighted by Crippen LogP contribution is 2.24. The molecule has 0 fully saturated rings. The van der Waals surface area contributed by atoms with Crippen molar-refractivity contribution >= 4 is 11.6 Å². The van der Waals surface area contributed by atoms with E-state index in [9.17, 15) is 13.2 Å². The highest BCUT2D eigenvalue weighted by Gasteiger charge is 2.38. The summed E-state index contributed by atoms with van der Waals surface area (Å²) < 4.78 is 36.8. The Kier molecular flexibility index (Phi) is 5.12. The molecule has 20 heavy (non-hydrogen) atoms. The molecule has 0 spiro atoms. The van der Waals surface area contributed by atoms with Crippen molar-refractivity contribution < 1.29 is 18.3 Å². The number of halogens is 3. The molecule has 0 aliphatic carbocycles. The molecule has 5 N–H and O–H groups in total. The number of nitrogens with zero attached hydrogens (tertiary/aromatic N) is 2. The van der Waals surface area contributed by atoms with Gasteiger partial charge in [-0.2, -0.15) is 13.2 Å². The van der Waals surface area contributed by atoms with Gasteiger partial charge >= 0.3 is 6.18 Å². The molecule has 0 saturated heterocycles. The normalized spacial score (nSPS) is 13.4. The van der Waals surface area contributed by atoms with E-state index in [4.69, 9.17) is 10.9 Å². The fraction of sp³-hybridized carbons (Fsp3) is 0.636. The van der Waals surface area contributed by atoms with Crippen LogP contribution in [0.1, 0.15) is 31.2 Å². The van der Waals surface area contributed by atoms with Crippen molar-refractivity contribution in [3.8, 4) is 0 Å². The summed E-state index contributed by atoms with van der Waals surface area (Å²) in [6.07, 6.45) is -7.14. The number of hydrazine groups is 1. The molecule has 0 saturated carbocycles. The monoisotopic (exact) mass is 293 g/mol. The third-order valence-corrected chi connectivity index (χ3v) is 2.66. The molecule has 6 nitrogen and oxygen atoms in total. The summed E-state index contributed by atoms with van der Waals surface area (Å²) in [4.78, 5) is 8.29. The molecule has 1 rings (SSSR count). The van der Waals surface area contributed by atoms with Gasteiger partial charge in [0.1, 0.15) is 17.5 Å². The van der Waals surface area contributed by atoms with Gasteiger partial charge in [0.05, 0.1) is 6.54 Å². The minimum absolute atomic E-state index is 0.0178. The van der Waals surface area contributed by atoms with E-state index in [1.165, 1.54) is 0 Å². The maximum absolute atomic E-state index is 12.3. The van der Waals surface area contributed by atoms with Gasteiger partial charge in [-0.3, -0.25) is 0 Å². The van der Waals surface area contributed by atoms with E-state index in [-0.39, 0.29) is 11.7 Å². The summed E-state index contributed by atoms with van der Waals surface area (Å²) >= 11 is 0. The topological polar surface area (TPSA) is 96.1 Å². The number of nitrogens with one attached hydrogen (secondary N) is 2. The number of anilines is 2. The lowest BCUT2D eigenvalue weighted by molar-refractivity contribution is -0.198. The van der Waals surface area contributed by atoms with Crippen LogP contribution in [0.4, 0.5) is 24.8 Å². The second-order valence-electron chi connectivity index (χ2n) is 4.64. The largest absolute Gasteiger partial charge is 0.416 e. The van der Waals surface area contributed by atoms with Gasteiger partial charge in [-0.25, -0.2) is 15.8 Å². The molecular weight excluding hydrogens is 275 g/mol. The van der Waals surface area contributed by atoms with Gasteiger partial charge in [-0.1, -0.05) is 13.8 Å². The lowest BCUT2D eigenvalue weighted by Gasteiger charge is -2.18. The van der Waals surface area contributed by atoms with Gasteiger partial charge in [0, 0.05) is 11.5 Å². The van der Waals surface area contributed by atoms with Crippen LogP contribution in [0, 0.1) is 6.92 Å². The van der Waals surface area contributed by atoms with Crippen LogP contribution in [0.15, 0.2) is 0 Å². The molecule has 1 heterocycles. The quantitative estimate of drug-likeness (QED) is 0.486. The molecule has 0 amide bonds. The maximum Gasteiger partial charge on any atom is 0.416 e. The molecule has 9 heteroatoms. The summed E-state index contributed by atoms with van der Waals surface area (Å²) in [6.45, 7) is 4.61. The molecule has 1 aromatic heterocycles. The number of hydrogen-bond acceptors (Lipinski definition) is 6. The zero-order chi connectivity index (χ0) is 15.5. The van der Waals surface area contributed by atoms with Crippen molar-refractivity contribution in [3.05, 3.63) is 11.4 Å². The Labute approximate surface area is 114 Å². The molecule has 0 aliphatic heterocycles. The Morgan fingerprint density at radius 1 is 1.25 bits per heavy atom. The predicted molar refractivity (Wildman–Crippen MR) is 69.2 cm³/mol. The second-order valence-corrected chi connectivity index (χ2v) is 4.64. The average molecular weight is 293 g/mol. The van der Waals surface area contributed by atoms with Crippen molar-refractivity contribution in [2.45, 2.75) is 39.0 Å². The lowest BCUT2D eigenvalue weighted by Crippen LogP contribution is -2.35. The summed E-state index contributed by atoms with van der Waals surface area (Å²) in [6, 6.07) is 0. The van der Waals surface area contributed by atoms with Gasteiger partial charge in [0.15, 0.2) is 6.10 Å². The highest BCUT2D eigenvalue weighted by molar-refractivity contribution is 5.56. The van der Waals surface area contributed by atoms with E-state index in [0.717, 1.165) is 0 Å². The van der Waals surface area contributed by atoms with E-state index in [1.54, 1.807) is 6.92 Å². The van der Waals surface area contributed by atoms with Gasteiger partial charge in [0.25, 0.3) is 0 Å². The standard InChI is InChI=1S/C11H18F3N5O/c1-5(2)8-17-9(6(3)10(18-8)19-15)16-4-7(20)11(12,13)14/h5,7,20H,4,15H2,1-3H3,(H2,16,17,18,19). The number of rotatable bonds is 5. The first kappa shape index (κ1) is 16.4. The molecule has 114 valence electrons. The summed E-state index contributed by atoms with van der Waals surface area (Å²) in [5.74, 6) is 6.27. The molecule has 0 radical (unpaired) electrons. The average Bonchev–Trinajstić information content (AvgIpc) is 2.35. The number of nitrogen functional groups attached to an aromatic ring is 1. The van der Waals surface area contributed by atoms with Crippen LogP contribution < -0.4 is 16.6 Å². The molecule has 1 aromatic rings. The number of alkyl halides is 3. The van der Waals surface area contributed by atoms with E-state index < -0.39 is 18.8 Å². The summed E-state index contributed by atoms with van der Waals surface area (Å²) in [7, 11) is 0. The van der Waals surface area contributed by atoms with Crippen LogP contribution in [-0.2, 0) is 0 Å². The van der Waals surface area contributed by atoms with Crippen molar-refractivity contribution in [1.82, 2.24) is 9.97 Å². The Morgan fingerprint density at radius 3 is 2.25 bits per heavy atom. The molecule has 0 bridgehead atoms. The minimum Gasteiger partial charge on any atom is -0.382 e. The number of nitrogens with two attached hydrogens (primary N) is 1. The van der Waals surface area contributed by atoms with Crippen LogP contribution in [0.25, 0.3) is 0 Å². The van der Waals surface area contributed by atoms with Crippen LogP contribution in [0.2, 0.25) is 0 Å². The number of aromatic nitrogens is 2. The third-order valence-electron chi connectivity index (χ3n) is 2.66. The maximum atomic E-state index is 12.3. The van der Waals surface area contributed by atoms with E-state index >= 15 is 0 Å². The van der Waals surface area contributed by atoms with Gasteiger partial charge < -0.3 is 15.8 Å². The van der Waals surface area contributed by atoms with Crippen LogP contribution in [0.5, 0.6) is 0 Å². The van der Waals surface area contributed by atoms with E-state index in [1.807, 2.05) is 13.8 Å². The lowest BCUT2D eigenvalue weighted by atomic mass is 10.2.